The van der Waals surface area contributed by atoms with Crippen LogP contribution in [0, 0.1) is 0 Å². The van der Waals surface area contributed by atoms with Crippen molar-refractivity contribution in [3.63, 3.8) is 0 Å². The van der Waals surface area contributed by atoms with Gasteiger partial charge in [0.25, 0.3) is 0 Å². The highest BCUT2D eigenvalue weighted by molar-refractivity contribution is 6.30. The van der Waals surface area contributed by atoms with Gasteiger partial charge in [0.15, 0.2) is 0 Å². The Bertz CT molecular complexity index is 942. The number of carbonyl (C=O) groups excluding carboxylic acids is 2. The predicted octanol–water partition coefficient (Wildman–Crippen LogP) is 5.10. The van der Waals surface area contributed by atoms with Crippen LogP contribution in [0.2, 0.25) is 5.02 Å². The number of halogens is 3. The molecule has 1 heterocycles. The number of hydrogen-bond donors (Lipinski definition) is 2. The quantitative estimate of drug-likeness (QED) is 0.373. The number of carbonyl (C=O) groups is 2. The Hall–Kier alpha value is -1.97. The molecular formula is C31H48ClF2N5O2. The minimum Gasteiger partial charge on any atom is -0.341 e. The second kappa shape index (κ2) is 16.0. The molecule has 3 fully saturated rings. The molecule has 3 amide bonds. The molecule has 0 radical (unpaired) electrons. The number of benzene rings is 1. The van der Waals surface area contributed by atoms with E-state index < -0.39 is 13.3 Å². The van der Waals surface area contributed by atoms with Crippen molar-refractivity contribution in [2.45, 2.75) is 107 Å². The van der Waals surface area contributed by atoms with Crippen molar-refractivity contribution in [2.75, 3.05) is 39.5 Å². The fourth-order valence-electron chi connectivity index (χ4n) is 6.87. The standard InChI is InChI=1S/C31H48ClF2N5O2/c32-24-8-6-23(7-9-24)22-29(36-26-12-10-25(35)11-13-26)30(40)37-18-14-28(15-19-37)39(27-4-2-1-3-5-27)31(41)38(20-16-33)21-17-34/h6-9,25-29,36H,1-5,10-22,35H2/t25?,26?,29-/m0/s1. The topological polar surface area (TPSA) is 81.9 Å². The summed E-state index contributed by atoms with van der Waals surface area (Å²) in [7, 11) is 0. The Kier molecular flexibility index (Phi) is 12.5. The zero-order valence-corrected chi connectivity index (χ0v) is 25.0. The summed E-state index contributed by atoms with van der Waals surface area (Å²) < 4.78 is 26.5. The lowest BCUT2D eigenvalue weighted by Crippen LogP contribution is -2.59. The highest BCUT2D eigenvalue weighted by atomic mass is 35.5. The highest BCUT2D eigenvalue weighted by Gasteiger charge is 2.38. The van der Waals surface area contributed by atoms with Gasteiger partial charge < -0.3 is 25.8 Å². The second-order valence-electron chi connectivity index (χ2n) is 12.1. The number of nitrogens with one attached hydrogen (secondary N) is 1. The highest BCUT2D eigenvalue weighted by Crippen LogP contribution is 2.30. The summed E-state index contributed by atoms with van der Waals surface area (Å²) in [4.78, 5) is 32.8. The number of urea groups is 1. The van der Waals surface area contributed by atoms with Crippen LogP contribution in [0.3, 0.4) is 0 Å². The molecule has 1 aliphatic heterocycles. The SMILES string of the molecule is NC1CCC(N[C@@H](Cc2ccc(Cl)cc2)C(=O)N2CCC(N(C(=O)N(CCF)CCF)C3CCCCC3)CC2)CC1. The Morgan fingerprint density at radius 2 is 1.49 bits per heavy atom. The van der Waals surface area contributed by atoms with Crippen LogP contribution in [0.4, 0.5) is 13.6 Å². The molecule has 10 heteroatoms. The lowest BCUT2D eigenvalue weighted by Gasteiger charge is -2.45. The number of hydrogen-bond acceptors (Lipinski definition) is 4. The smallest absolute Gasteiger partial charge is 0.320 e. The van der Waals surface area contributed by atoms with Gasteiger partial charge in [-0.2, -0.15) is 0 Å². The van der Waals surface area contributed by atoms with Crippen LogP contribution >= 0.6 is 11.6 Å². The van der Waals surface area contributed by atoms with Gasteiger partial charge in [0.1, 0.15) is 13.3 Å². The van der Waals surface area contributed by atoms with Gasteiger partial charge in [0, 0.05) is 42.3 Å². The molecule has 230 valence electrons. The molecular weight excluding hydrogens is 548 g/mol. The third-order valence-electron chi connectivity index (χ3n) is 9.20. The molecule has 1 saturated heterocycles. The van der Waals surface area contributed by atoms with Crippen LogP contribution in [0.1, 0.15) is 76.2 Å². The summed E-state index contributed by atoms with van der Waals surface area (Å²) >= 11 is 6.10. The normalized spacial score (nSPS) is 23.3. The molecule has 7 nitrogen and oxygen atoms in total. The van der Waals surface area contributed by atoms with E-state index in [1.807, 2.05) is 34.1 Å². The first-order valence-corrected chi connectivity index (χ1v) is 16.0. The van der Waals surface area contributed by atoms with Crippen LogP contribution in [0.5, 0.6) is 0 Å². The van der Waals surface area contributed by atoms with Crippen molar-refractivity contribution in [3.8, 4) is 0 Å². The summed E-state index contributed by atoms with van der Waals surface area (Å²) in [5.74, 6) is 0.0836. The number of nitrogens with two attached hydrogens (primary N) is 1. The van der Waals surface area contributed by atoms with E-state index in [1.54, 1.807) is 0 Å². The first-order valence-electron chi connectivity index (χ1n) is 15.6. The minimum atomic E-state index is -0.688. The van der Waals surface area contributed by atoms with Crippen molar-refractivity contribution >= 4 is 23.5 Å². The Labute approximate surface area is 249 Å². The summed E-state index contributed by atoms with van der Waals surface area (Å²) in [6.45, 7) is -0.444. The maximum atomic E-state index is 13.9. The molecule has 0 unspecified atom stereocenters. The molecule has 41 heavy (non-hydrogen) atoms. The molecule has 2 aliphatic carbocycles. The van der Waals surface area contributed by atoms with E-state index >= 15 is 0 Å². The van der Waals surface area contributed by atoms with Gasteiger partial charge in [-0.3, -0.25) is 4.79 Å². The molecule has 4 rings (SSSR count). The lowest BCUT2D eigenvalue weighted by atomic mass is 9.90. The van der Waals surface area contributed by atoms with Crippen molar-refractivity contribution in [1.29, 1.82) is 0 Å². The molecule has 1 aromatic carbocycles. The fraction of sp³-hybridized carbons (Fsp3) is 0.742. The first-order chi connectivity index (χ1) is 19.9. The van der Waals surface area contributed by atoms with Crippen molar-refractivity contribution in [2.24, 2.45) is 5.73 Å². The molecule has 0 aromatic heterocycles. The number of rotatable bonds is 11. The molecule has 0 spiro atoms. The van der Waals surface area contributed by atoms with Gasteiger partial charge in [-0.1, -0.05) is 43.0 Å². The summed E-state index contributed by atoms with van der Waals surface area (Å²) in [6.07, 6.45) is 10.8. The van der Waals surface area contributed by atoms with E-state index in [4.69, 9.17) is 17.3 Å². The molecule has 1 aromatic rings. The third-order valence-corrected chi connectivity index (χ3v) is 9.45. The molecule has 3 N–H and O–H groups in total. The average molecular weight is 596 g/mol. The Morgan fingerprint density at radius 3 is 2.07 bits per heavy atom. The summed E-state index contributed by atoms with van der Waals surface area (Å²) in [5.41, 5.74) is 7.18. The van der Waals surface area contributed by atoms with Gasteiger partial charge in [-0.15, -0.1) is 0 Å². The molecule has 0 bridgehead atoms. The second-order valence-corrected chi connectivity index (χ2v) is 12.5. The molecule has 3 aliphatic rings. The van der Waals surface area contributed by atoms with Crippen LogP contribution in [-0.4, -0.2) is 96.4 Å². The number of piperidine rings is 1. The van der Waals surface area contributed by atoms with Gasteiger partial charge in [-0.05, 0) is 75.5 Å². The van der Waals surface area contributed by atoms with E-state index in [2.05, 4.69) is 5.32 Å². The van der Waals surface area contributed by atoms with E-state index in [0.717, 1.165) is 63.4 Å². The Balaban J connectivity index is 1.44. The van der Waals surface area contributed by atoms with Crippen LogP contribution in [0.25, 0.3) is 0 Å². The van der Waals surface area contributed by atoms with Crippen LogP contribution in [-0.2, 0) is 11.2 Å². The van der Waals surface area contributed by atoms with Crippen LogP contribution < -0.4 is 11.1 Å². The first kappa shape index (κ1) is 32.0. The van der Waals surface area contributed by atoms with Crippen molar-refractivity contribution in [1.82, 2.24) is 20.0 Å². The van der Waals surface area contributed by atoms with Gasteiger partial charge in [-0.25, -0.2) is 13.6 Å². The largest absolute Gasteiger partial charge is 0.341 e. The zero-order chi connectivity index (χ0) is 29.2. The van der Waals surface area contributed by atoms with E-state index in [0.29, 0.717) is 37.4 Å². The van der Waals surface area contributed by atoms with Crippen molar-refractivity contribution < 1.29 is 18.4 Å². The minimum absolute atomic E-state index is 0.0427. The average Bonchev–Trinajstić information content (AvgIpc) is 2.99. The fourth-order valence-corrected chi connectivity index (χ4v) is 7.00. The summed E-state index contributed by atoms with van der Waals surface area (Å²) in [5, 5.41) is 4.33. The number of likely N-dealkylation sites (tertiary alicyclic amines) is 1. The third kappa shape index (κ3) is 9.01. The molecule has 1 atom stereocenters. The molecule has 2 saturated carbocycles. The van der Waals surface area contributed by atoms with E-state index in [9.17, 15) is 18.4 Å². The maximum absolute atomic E-state index is 13.9. The van der Waals surface area contributed by atoms with Gasteiger partial charge in [0.2, 0.25) is 5.91 Å². The summed E-state index contributed by atoms with van der Waals surface area (Å²) in [6, 6.07) is 7.58. The number of nitrogens with zero attached hydrogens (tertiary/aromatic N) is 3. The van der Waals surface area contributed by atoms with E-state index in [1.165, 1.54) is 4.90 Å². The zero-order valence-electron chi connectivity index (χ0n) is 24.3. The van der Waals surface area contributed by atoms with Gasteiger partial charge in [0.05, 0.1) is 19.1 Å². The predicted molar refractivity (Wildman–Crippen MR) is 160 cm³/mol. The lowest BCUT2D eigenvalue weighted by molar-refractivity contribution is -0.135. The maximum Gasteiger partial charge on any atom is 0.320 e. The Morgan fingerprint density at radius 1 is 0.902 bits per heavy atom. The monoisotopic (exact) mass is 595 g/mol. The van der Waals surface area contributed by atoms with Crippen molar-refractivity contribution in [3.05, 3.63) is 34.9 Å². The van der Waals surface area contributed by atoms with Crippen LogP contribution in [0.15, 0.2) is 24.3 Å². The number of alkyl halides is 2. The van der Waals surface area contributed by atoms with Gasteiger partial charge >= 0.3 is 6.03 Å². The number of amides is 3. The van der Waals surface area contributed by atoms with E-state index in [-0.39, 0.29) is 55.2 Å².